The molecule has 0 saturated heterocycles. The number of benzene rings is 2. The van der Waals surface area contributed by atoms with Crippen molar-refractivity contribution in [3.05, 3.63) is 98.7 Å². The van der Waals surface area contributed by atoms with Gasteiger partial charge in [0.1, 0.15) is 0 Å². The summed E-state index contributed by atoms with van der Waals surface area (Å²) in [6.45, 7) is 25.6. The molecule has 4 heteroatoms. The van der Waals surface area contributed by atoms with Crippen LogP contribution < -0.4 is 0 Å². The van der Waals surface area contributed by atoms with Crippen molar-refractivity contribution in [1.82, 2.24) is 0 Å². The highest BCUT2D eigenvalue weighted by Crippen LogP contribution is 2.37. The minimum absolute atomic E-state index is 0.212. The van der Waals surface area contributed by atoms with E-state index in [0.717, 1.165) is 48.9 Å². The Morgan fingerprint density at radius 3 is 2.07 bits per heavy atom. The first-order valence-corrected chi connectivity index (χ1v) is 15.3. The zero-order valence-electron chi connectivity index (χ0n) is 27.6. The van der Waals surface area contributed by atoms with E-state index in [4.69, 9.17) is 11.6 Å². The van der Waals surface area contributed by atoms with Gasteiger partial charge >= 0.3 is 0 Å². The molecule has 0 unspecified atom stereocenters. The number of rotatable bonds is 10. The van der Waals surface area contributed by atoms with Gasteiger partial charge in [-0.1, -0.05) is 87.6 Å². The van der Waals surface area contributed by atoms with Crippen LogP contribution in [0.5, 0.6) is 0 Å². The molecule has 0 heterocycles. The van der Waals surface area contributed by atoms with Crippen molar-refractivity contribution in [1.29, 1.82) is 0 Å². The van der Waals surface area contributed by atoms with E-state index in [1.807, 2.05) is 59.8 Å². The van der Waals surface area contributed by atoms with Gasteiger partial charge < -0.3 is 0 Å². The number of aryl methyl sites for hydroxylation is 2. The van der Waals surface area contributed by atoms with Crippen LogP contribution in [0.2, 0.25) is 5.02 Å². The molecule has 41 heavy (non-hydrogen) atoms. The number of allylic oxidation sites excluding steroid dienone is 5. The Balaban J connectivity index is 0.000000949. The van der Waals surface area contributed by atoms with Crippen molar-refractivity contribution in [3.63, 3.8) is 0 Å². The molecule has 0 saturated carbocycles. The van der Waals surface area contributed by atoms with Gasteiger partial charge in [-0.15, -0.1) is 6.58 Å². The maximum atomic E-state index is 14.6. The molecule has 0 aromatic heterocycles. The van der Waals surface area contributed by atoms with Gasteiger partial charge in [0, 0.05) is 22.3 Å². The zero-order chi connectivity index (χ0) is 31.7. The Morgan fingerprint density at radius 1 is 0.951 bits per heavy atom. The fourth-order valence-electron chi connectivity index (χ4n) is 4.31. The summed E-state index contributed by atoms with van der Waals surface area (Å²) >= 11 is 6.28. The fraction of sp³-hybridized carbons (Fsp3) is 0.486. The van der Waals surface area contributed by atoms with Gasteiger partial charge in [0.2, 0.25) is 0 Å². The highest BCUT2D eigenvalue weighted by atomic mass is 35.5. The highest BCUT2D eigenvalue weighted by Gasteiger charge is 2.21. The van der Waals surface area contributed by atoms with Crippen molar-refractivity contribution in [2.45, 2.75) is 121 Å². The molecule has 2 rings (SSSR count). The molecule has 0 spiro atoms. The van der Waals surface area contributed by atoms with Gasteiger partial charge in [-0.25, -0.2) is 8.78 Å². The SMILES string of the molecule is C/C=C(/C)N=C(C)CCC.C=C(C)C.CCCC/C(=C(/C)[C@@H](C)c1ccc(C)c(F)c1F)c1cc(Cl)ccc1CC. The molecular formula is C37H54ClF2N. The van der Waals surface area contributed by atoms with Crippen molar-refractivity contribution in [2.24, 2.45) is 4.99 Å². The topological polar surface area (TPSA) is 12.4 Å². The first-order chi connectivity index (χ1) is 19.2. The molecule has 0 fully saturated rings. The Morgan fingerprint density at radius 2 is 1.56 bits per heavy atom. The first kappa shape index (κ1) is 38.5. The van der Waals surface area contributed by atoms with E-state index in [9.17, 15) is 8.78 Å². The average Bonchev–Trinajstić information content (AvgIpc) is 2.91. The predicted octanol–water partition coefficient (Wildman–Crippen LogP) is 13.0. The van der Waals surface area contributed by atoms with E-state index in [2.05, 4.69) is 45.3 Å². The van der Waals surface area contributed by atoms with E-state index < -0.39 is 11.6 Å². The number of hydrogen-bond donors (Lipinski definition) is 0. The summed E-state index contributed by atoms with van der Waals surface area (Å²) in [5.41, 5.74) is 8.89. The third-order valence-corrected chi connectivity index (χ3v) is 7.09. The fourth-order valence-corrected chi connectivity index (χ4v) is 4.48. The maximum Gasteiger partial charge on any atom is 0.162 e. The summed E-state index contributed by atoms with van der Waals surface area (Å²) in [4.78, 5) is 4.36. The van der Waals surface area contributed by atoms with Gasteiger partial charge in [-0.05, 0) is 114 Å². The molecule has 2 aromatic carbocycles. The van der Waals surface area contributed by atoms with Crippen LogP contribution >= 0.6 is 11.6 Å². The molecule has 0 amide bonds. The lowest BCUT2D eigenvalue weighted by atomic mass is 9.84. The number of unbranched alkanes of at least 4 members (excludes halogenated alkanes) is 1. The quantitative estimate of drug-likeness (QED) is 0.194. The molecule has 0 aliphatic rings. The summed E-state index contributed by atoms with van der Waals surface area (Å²) in [6.07, 6.45) is 8.24. The molecule has 0 aliphatic heterocycles. The summed E-state index contributed by atoms with van der Waals surface area (Å²) in [6, 6.07) is 9.34. The van der Waals surface area contributed by atoms with Crippen LogP contribution in [0.1, 0.15) is 130 Å². The molecular weight excluding hydrogens is 532 g/mol. The third kappa shape index (κ3) is 13.8. The van der Waals surface area contributed by atoms with Crippen LogP contribution in [0.15, 0.2) is 64.8 Å². The molecule has 0 N–H and O–H groups in total. The molecule has 0 aliphatic carbocycles. The molecule has 0 bridgehead atoms. The van der Waals surface area contributed by atoms with E-state index in [-0.39, 0.29) is 5.92 Å². The number of nitrogens with zero attached hydrogens (tertiary/aromatic N) is 1. The first-order valence-electron chi connectivity index (χ1n) is 15.0. The lowest BCUT2D eigenvalue weighted by Gasteiger charge is -2.22. The van der Waals surface area contributed by atoms with E-state index in [1.165, 1.54) is 28.8 Å². The van der Waals surface area contributed by atoms with Crippen molar-refractivity contribution in [3.8, 4) is 0 Å². The standard InChI is InChI=1S/C24H29ClF2.C9H17N.C4H8/c1-6-8-9-20(22-14-19(25)12-11-18(22)7-2)16(4)17(5)21-13-10-15(3)23(26)24(21)27;1-5-7-9(4)10-8(3)6-2;1-4(2)3/h10-14,17H,6-9H2,1-5H3;6H,5,7H2,1-4H3;1H2,2-3H3/b20-16+;8-6-,10-9?;/t17-;;/m1../s1. The van der Waals surface area contributed by atoms with E-state index in [0.29, 0.717) is 16.1 Å². The highest BCUT2D eigenvalue weighted by molar-refractivity contribution is 6.30. The maximum absolute atomic E-state index is 14.6. The normalized spacial score (nSPS) is 12.9. The molecule has 0 radical (unpaired) electrons. The minimum Gasteiger partial charge on any atom is -0.263 e. The van der Waals surface area contributed by atoms with E-state index in [1.54, 1.807) is 19.1 Å². The predicted molar refractivity (Wildman–Crippen MR) is 180 cm³/mol. The van der Waals surface area contributed by atoms with Gasteiger partial charge in [0.25, 0.3) is 0 Å². The molecule has 1 nitrogen and oxygen atoms in total. The van der Waals surface area contributed by atoms with Crippen molar-refractivity contribution >= 4 is 22.9 Å². The Labute approximate surface area is 255 Å². The smallest absolute Gasteiger partial charge is 0.162 e. The minimum atomic E-state index is -0.751. The van der Waals surface area contributed by atoms with Crippen LogP contribution in [0.25, 0.3) is 5.57 Å². The van der Waals surface area contributed by atoms with Gasteiger partial charge in [-0.2, -0.15) is 0 Å². The van der Waals surface area contributed by atoms with Gasteiger partial charge in [0.15, 0.2) is 11.6 Å². The van der Waals surface area contributed by atoms with Crippen LogP contribution in [0, 0.1) is 18.6 Å². The van der Waals surface area contributed by atoms with Gasteiger partial charge in [0.05, 0.1) is 0 Å². The molecule has 228 valence electrons. The molecule has 2 aromatic rings. The summed E-state index contributed by atoms with van der Waals surface area (Å²) < 4.78 is 28.7. The summed E-state index contributed by atoms with van der Waals surface area (Å²) in [7, 11) is 0. The lowest BCUT2D eigenvalue weighted by Crippen LogP contribution is -2.06. The van der Waals surface area contributed by atoms with Crippen molar-refractivity contribution in [2.75, 3.05) is 0 Å². The summed E-state index contributed by atoms with van der Waals surface area (Å²) in [5, 5.41) is 0.698. The lowest BCUT2D eigenvalue weighted by molar-refractivity contribution is 0.490. The van der Waals surface area contributed by atoms with Crippen LogP contribution in [0.3, 0.4) is 0 Å². The Hall–Kier alpha value is -2.52. The molecule has 1 atom stereocenters. The average molecular weight is 586 g/mol. The second-order valence-corrected chi connectivity index (χ2v) is 11.4. The number of halogens is 3. The van der Waals surface area contributed by atoms with Crippen molar-refractivity contribution < 1.29 is 8.78 Å². The Kier molecular flexibility index (Phi) is 19.1. The van der Waals surface area contributed by atoms with Crippen LogP contribution in [-0.2, 0) is 6.42 Å². The largest absolute Gasteiger partial charge is 0.263 e. The van der Waals surface area contributed by atoms with Crippen LogP contribution in [0.4, 0.5) is 8.78 Å². The monoisotopic (exact) mass is 585 g/mol. The van der Waals surface area contributed by atoms with Crippen LogP contribution in [-0.4, -0.2) is 5.71 Å². The van der Waals surface area contributed by atoms with E-state index >= 15 is 0 Å². The number of hydrogen-bond acceptors (Lipinski definition) is 1. The summed E-state index contributed by atoms with van der Waals surface area (Å²) in [5.74, 6) is -1.70. The Bertz CT molecular complexity index is 1200. The zero-order valence-corrected chi connectivity index (χ0v) is 28.3. The number of aliphatic imine (C=N–C) groups is 1. The second kappa shape index (κ2) is 20.4. The second-order valence-electron chi connectivity index (χ2n) is 11.0. The third-order valence-electron chi connectivity index (χ3n) is 6.85. The van der Waals surface area contributed by atoms with Gasteiger partial charge in [-0.3, -0.25) is 4.99 Å².